The van der Waals surface area contributed by atoms with Gasteiger partial charge in [0.05, 0.1) is 12.1 Å². The van der Waals surface area contributed by atoms with Crippen LogP contribution in [0.1, 0.15) is 56.0 Å². The van der Waals surface area contributed by atoms with Crippen LogP contribution >= 0.6 is 0 Å². The number of nitrogens with zero attached hydrogens (tertiary/aromatic N) is 1. The molecule has 0 radical (unpaired) electrons. The molecule has 2 aromatic rings. The Labute approximate surface area is 162 Å². The lowest BCUT2D eigenvalue weighted by Gasteiger charge is -2.29. The van der Waals surface area contributed by atoms with Crippen LogP contribution in [0.4, 0.5) is 0 Å². The van der Waals surface area contributed by atoms with Crippen molar-refractivity contribution in [2.45, 2.75) is 59.4 Å². The Morgan fingerprint density at radius 2 is 1.85 bits per heavy atom. The second-order valence-electron chi connectivity index (χ2n) is 7.72. The summed E-state index contributed by atoms with van der Waals surface area (Å²) in [6.07, 6.45) is 1.27. The zero-order chi connectivity index (χ0) is 19.4. The minimum atomic E-state index is 0.000472. The van der Waals surface area contributed by atoms with Gasteiger partial charge < -0.3 is 10.1 Å². The number of benzene rings is 2. The summed E-state index contributed by atoms with van der Waals surface area (Å²) in [5, 5.41) is 2.93. The minimum absolute atomic E-state index is 0.000472. The maximum absolute atomic E-state index is 11.2. The average Bonchev–Trinajstić information content (AvgIpc) is 2.61. The molecule has 0 spiro atoms. The first-order valence-electron chi connectivity index (χ1n) is 9.77. The number of rotatable bonds is 6. The van der Waals surface area contributed by atoms with Crippen LogP contribution in [-0.2, 0) is 24.3 Å². The molecule has 4 heteroatoms. The number of amides is 1. The largest absolute Gasteiger partial charge is 0.491 e. The predicted octanol–water partition coefficient (Wildman–Crippen LogP) is 4.23. The summed E-state index contributed by atoms with van der Waals surface area (Å²) in [7, 11) is 0. The lowest BCUT2D eigenvalue weighted by atomic mass is 9.98. The van der Waals surface area contributed by atoms with Gasteiger partial charge in [-0.05, 0) is 61.6 Å². The van der Waals surface area contributed by atoms with E-state index in [4.69, 9.17) is 4.74 Å². The van der Waals surface area contributed by atoms with Crippen molar-refractivity contribution in [3.8, 4) is 5.75 Å². The van der Waals surface area contributed by atoms with E-state index in [1.807, 2.05) is 6.92 Å². The molecular formula is C23H30N2O2. The third-order valence-electron chi connectivity index (χ3n) is 4.95. The highest BCUT2D eigenvalue weighted by Gasteiger charge is 2.17. The van der Waals surface area contributed by atoms with Crippen molar-refractivity contribution < 1.29 is 9.53 Å². The normalized spacial score (nSPS) is 15.3. The van der Waals surface area contributed by atoms with E-state index in [0.717, 1.165) is 37.4 Å². The van der Waals surface area contributed by atoms with E-state index in [-0.39, 0.29) is 18.1 Å². The molecule has 0 fully saturated rings. The molecule has 1 heterocycles. The summed E-state index contributed by atoms with van der Waals surface area (Å²) in [5.41, 5.74) is 5.24. The first-order valence-corrected chi connectivity index (χ1v) is 9.77. The van der Waals surface area contributed by atoms with Crippen LogP contribution in [0.3, 0.4) is 0 Å². The van der Waals surface area contributed by atoms with E-state index < -0.39 is 0 Å². The van der Waals surface area contributed by atoms with Crippen molar-refractivity contribution in [1.82, 2.24) is 10.2 Å². The molecule has 0 bridgehead atoms. The van der Waals surface area contributed by atoms with Crippen LogP contribution in [-0.4, -0.2) is 23.5 Å². The molecule has 1 aliphatic rings. The molecular weight excluding hydrogens is 336 g/mol. The average molecular weight is 367 g/mol. The molecule has 1 atom stereocenters. The second kappa shape index (κ2) is 8.57. The molecule has 4 nitrogen and oxygen atoms in total. The highest BCUT2D eigenvalue weighted by atomic mass is 16.5. The van der Waals surface area contributed by atoms with Crippen molar-refractivity contribution in [3.05, 3.63) is 64.7 Å². The highest BCUT2D eigenvalue weighted by Crippen LogP contribution is 2.25. The predicted molar refractivity (Wildman–Crippen MR) is 109 cm³/mol. The van der Waals surface area contributed by atoms with Crippen LogP contribution < -0.4 is 10.1 Å². The van der Waals surface area contributed by atoms with Gasteiger partial charge in [-0.2, -0.15) is 0 Å². The van der Waals surface area contributed by atoms with Gasteiger partial charge in [0.1, 0.15) is 5.75 Å². The van der Waals surface area contributed by atoms with Gasteiger partial charge >= 0.3 is 0 Å². The van der Waals surface area contributed by atoms with Crippen LogP contribution in [0.15, 0.2) is 42.5 Å². The quantitative estimate of drug-likeness (QED) is 0.832. The minimum Gasteiger partial charge on any atom is -0.491 e. The van der Waals surface area contributed by atoms with E-state index in [1.54, 1.807) is 6.92 Å². The molecule has 1 unspecified atom stereocenters. The summed E-state index contributed by atoms with van der Waals surface area (Å²) in [4.78, 5) is 13.7. The number of hydrogen-bond acceptors (Lipinski definition) is 3. The first kappa shape index (κ1) is 19.4. The Hall–Kier alpha value is -2.33. The molecule has 0 saturated heterocycles. The van der Waals surface area contributed by atoms with Gasteiger partial charge in [0.2, 0.25) is 5.91 Å². The molecule has 27 heavy (non-hydrogen) atoms. The third-order valence-corrected chi connectivity index (χ3v) is 4.95. The van der Waals surface area contributed by atoms with Gasteiger partial charge in [-0.15, -0.1) is 0 Å². The van der Waals surface area contributed by atoms with Crippen molar-refractivity contribution in [2.24, 2.45) is 0 Å². The summed E-state index contributed by atoms with van der Waals surface area (Å²) < 4.78 is 5.82. The van der Waals surface area contributed by atoms with Crippen LogP contribution in [0.5, 0.6) is 5.75 Å². The fourth-order valence-electron chi connectivity index (χ4n) is 3.63. The third kappa shape index (κ3) is 5.33. The Kier molecular flexibility index (Phi) is 6.17. The molecule has 144 valence electrons. The molecule has 0 aromatic heterocycles. The van der Waals surface area contributed by atoms with Gasteiger partial charge in [0.15, 0.2) is 0 Å². The highest BCUT2D eigenvalue weighted by molar-refractivity contribution is 5.73. The Balaban J connectivity index is 1.60. The summed E-state index contributed by atoms with van der Waals surface area (Å²) >= 11 is 0. The molecule has 3 rings (SSSR count). The molecule has 0 saturated carbocycles. The monoisotopic (exact) mass is 366 g/mol. The SMILES string of the molecule is CC(=O)NC(C)c1ccc(CN2CCc3cc(OC(C)C)ccc3C2)cc1. The fraction of sp³-hybridized carbons (Fsp3) is 0.435. The summed E-state index contributed by atoms with van der Waals surface area (Å²) in [6, 6.07) is 15.1. The van der Waals surface area contributed by atoms with Crippen molar-refractivity contribution in [2.75, 3.05) is 6.54 Å². The maximum atomic E-state index is 11.2. The molecule has 0 aliphatic carbocycles. The van der Waals surface area contributed by atoms with Crippen LogP contribution in [0.2, 0.25) is 0 Å². The number of carbonyl (C=O) groups excluding carboxylic acids is 1. The number of fused-ring (bicyclic) bond motifs is 1. The van der Waals surface area contributed by atoms with Gasteiger partial charge in [-0.3, -0.25) is 9.69 Å². The Bertz CT molecular complexity index is 783. The van der Waals surface area contributed by atoms with E-state index in [2.05, 4.69) is 66.5 Å². The zero-order valence-electron chi connectivity index (χ0n) is 16.8. The number of hydrogen-bond donors (Lipinski definition) is 1. The standard InChI is InChI=1S/C23H30N2O2/c1-16(2)27-23-10-9-22-15-25(12-11-21(22)13-23)14-19-5-7-20(8-6-19)17(3)24-18(4)26/h5-10,13,16-17H,11-12,14-15H2,1-4H3,(H,24,26). The van der Waals surface area contributed by atoms with E-state index in [0.29, 0.717) is 0 Å². The van der Waals surface area contributed by atoms with Gasteiger partial charge in [-0.25, -0.2) is 0 Å². The molecule has 2 aromatic carbocycles. The lowest BCUT2D eigenvalue weighted by Crippen LogP contribution is -2.30. The van der Waals surface area contributed by atoms with Gasteiger partial charge in [0.25, 0.3) is 0 Å². The van der Waals surface area contributed by atoms with Gasteiger partial charge in [0, 0.05) is 26.6 Å². The second-order valence-corrected chi connectivity index (χ2v) is 7.72. The van der Waals surface area contributed by atoms with E-state index >= 15 is 0 Å². The van der Waals surface area contributed by atoms with Crippen molar-refractivity contribution in [1.29, 1.82) is 0 Å². The van der Waals surface area contributed by atoms with E-state index in [9.17, 15) is 4.79 Å². The number of carbonyl (C=O) groups is 1. The zero-order valence-corrected chi connectivity index (χ0v) is 16.8. The Morgan fingerprint density at radius 1 is 1.11 bits per heavy atom. The summed E-state index contributed by atoms with van der Waals surface area (Å²) in [5.74, 6) is 0.974. The summed E-state index contributed by atoms with van der Waals surface area (Å²) in [6.45, 7) is 10.7. The van der Waals surface area contributed by atoms with Gasteiger partial charge in [-0.1, -0.05) is 30.3 Å². The fourth-order valence-corrected chi connectivity index (χ4v) is 3.63. The van der Waals surface area contributed by atoms with Crippen molar-refractivity contribution in [3.63, 3.8) is 0 Å². The smallest absolute Gasteiger partial charge is 0.217 e. The molecule has 1 N–H and O–H groups in total. The number of ether oxygens (including phenoxy) is 1. The maximum Gasteiger partial charge on any atom is 0.217 e. The van der Waals surface area contributed by atoms with Crippen LogP contribution in [0.25, 0.3) is 0 Å². The topological polar surface area (TPSA) is 41.6 Å². The molecule has 1 aliphatic heterocycles. The lowest BCUT2D eigenvalue weighted by molar-refractivity contribution is -0.119. The van der Waals surface area contributed by atoms with Crippen molar-refractivity contribution >= 4 is 5.91 Å². The number of nitrogens with one attached hydrogen (secondary N) is 1. The van der Waals surface area contributed by atoms with E-state index in [1.165, 1.54) is 16.7 Å². The Morgan fingerprint density at radius 3 is 2.52 bits per heavy atom. The molecule has 1 amide bonds. The van der Waals surface area contributed by atoms with Crippen LogP contribution in [0, 0.1) is 0 Å². The first-order chi connectivity index (χ1) is 12.9.